The van der Waals surface area contributed by atoms with E-state index >= 15 is 0 Å². The van der Waals surface area contributed by atoms with Crippen molar-refractivity contribution in [1.29, 1.82) is 0 Å². The first-order valence-corrected chi connectivity index (χ1v) is 21.2. The van der Waals surface area contributed by atoms with Crippen molar-refractivity contribution in [2.24, 2.45) is 0 Å². The number of benzene rings is 9. The molecule has 6 nitrogen and oxygen atoms in total. The number of hydrogen-bond donors (Lipinski definition) is 0. The van der Waals surface area contributed by atoms with Crippen LogP contribution in [0.4, 0.5) is 0 Å². The van der Waals surface area contributed by atoms with E-state index in [0.717, 1.165) is 104 Å². The van der Waals surface area contributed by atoms with Gasteiger partial charge in [-0.3, -0.25) is 9.13 Å². The number of hydrogen-bond acceptors (Lipinski definition) is 4. The minimum Gasteiger partial charge on any atom is -0.456 e. The van der Waals surface area contributed by atoms with Crippen molar-refractivity contribution in [3.05, 3.63) is 212 Å². The minimum absolute atomic E-state index is 0.537. The van der Waals surface area contributed by atoms with Crippen molar-refractivity contribution in [3.63, 3.8) is 0 Å². The third-order valence-corrected chi connectivity index (χ3v) is 12.4. The Morgan fingerprint density at radius 3 is 1.35 bits per heavy atom. The second-order valence-corrected chi connectivity index (χ2v) is 16.0. The van der Waals surface area contributed by atoms with Crippen LogP contribution in [-0.4, -0.2) is 24.1 Å². The van der Waals surface area contributed by atoms with Crippen LogP contribution in [-0.2, 0) is 0 Å². The highest BCUT2D eigenvalue weighted by atomic mass is 16.3. The minimum atomic E-state index is 0.537. The summed E-state index contributed by atoms with van der Waals surface area (Å²) < 4.78 is 10.7. The molecule has 13 aromatic rings. The van der Waals surface area contributed by atoms with Gasteiger partial charge in [0.25, 0.3) is 0 Å². The smallest absolute Gasteiger partial charge is 0.240 e. The molecule has 0 fully saturated rings. The van der Waals surface area contributed by atoms with Gasteiger partial charge in [-0.25, -0.2) is 0 Å². The molecule has 0 saturated heterocycles. The lowest BCUT2D eigenvalue weighted by Crippen LogP contribution is -2.10. The highest BCUT2D eigenvalue weighted by Crippen LogP contribution is 2.39. The molecule has 9 aromatic carbocycles. The van der Waals surface area contributed by atoms with Gasteiger partial charge in [0, 0.05) is 37.9 Å². The predicted molar refractivity (Wildman–Crippen MR) is 258 cm³/mol. The summed E-state index contributed by atoms with van der Waals surface area (Å²) in [5.41, 5.74) is 13.4. The van der Waals surface area contributed by atoms with E-state index in [1.807, 2.05) is 18.2 Å². The van der Waals surface area contributed by atoms with Gasteiger partial charge < -0.3 is 4.42 Å². The first kappa shape index (κ1) is 35.2. The van der Waals surface area contributed by atoms with Crippen LogP contribution in [0.1, 0.15) is 0 Å². The number of nitrogens with zero attached hydrogens (tertiary/aromatic N) is 5. The van der Waals surface area contributed by atoms with Gasteiger partial charge in [0.05, 0.1) is 22.1 Å². The quantitative estimate of drug-likeness (QED) is 0.168. The fraction of sp³-hybridized carbons (Fsp3) is 0. The molecule has 0 aliphatic rings. The standard InChI is InChI=1S/C57H35N5O/c1-3-14-36(15-4-1)40-30-32-45-43-18-7-10-22-48(43)61(50(45)34-40)56-58-55(39-28-26-38(27-29-39)42-21-13-25-53-54(42)47-20-9-12-24-52(47)63-53)59-57(60-56)62-49-23-11-8-19-44(49)46-33-31-41(35-51(46)62)37-16-5-2-6-17-37/h1-35H. The molecule has 4 heterocycles. The van der Waals surface area contributed by atoms with Gasteiger partial charge in [-0.05, 0) is 69.8 Å². The molecule has 0 aliphatic carbocycles. The Labute approximate surface area is 361 Å². The van der Waals surface area contributed by atoms with E-state index in [4.69, 9.17) is 19.4 Å². The third-order valence-electron chi connectivity index (χ3n) is 12.4. The van der Waals surface area contributed by atoms with E-state index in [1.54, 1.807) is 0 Å². The Kier molecular flexibility index (Phi) is 7.80. The Bertz CT molecular complexity index is 3720. The second-order valence-electron chi connectivity index (χ2n) is 16.0. The van der Waals surface area contributed by atoms with Gasteiger partial charge in [0.1, 0.15) is 11.2 Å². The van der Waals surface area contributed by atoms with Gasteiger partial charge in [0.15, 0.2) is 5.82 Å². The Morgan fingerprint density at radius 1 is 0.302 bits per heavy atom. The topological polar surface area (TPSA) is 61.7 Å². The molecule has 4 aromatic heterocycles. The van der Waals surface area contributed by atoms with Crippen LogP contribution in [0.5, 0.6) is 0 Å². The van der Waals surface area contributed by atoms with Crippen molar-refractivity contribution in [2.45, 2.75) is 0 Å². The number of fused-ring (bicyclic) bond motifs is 9. The van der Waals surface area contributed by atoms with Crippen LogP contribution in [0, 0.1) is 0 Å². The molecule has 0 atom stereocenters. The lowest BCUT2D eigenvalue weighted by atomic mass is 9.98. The van der Waals surface area contributed by atoms with Gasteiger partial charge in [-0.2, -0.15) is 15.0 Å². The Morgan fingerprint density at radius 2 is 0.762 bits per heavy atom. The zero-order chi connectivity index (χ0) is 41.4. The summed E-state index contributed by atoms with van der Waals surface area (Å²) in [4.78, 5) is 16.2. The fourth-order valence-corrected chi connectivity index (χ4v) is 9.49. The molecule has 0 N–H and O–H groups in total. The van der Waals surface area contributed by atoms with Crippen LogP contribution in [0.2, 0.25) is 0 Å². The van der Waals surface area contributed by atoms with E-state index in [9.17, 15) is 0 Å². The lowest BCUT2D eigenvalue weighted by Gasteiger charge is -2.13. The average molecular weight is 806 g/mol. The third kappa shape index (κ3) is 5.62. The summed E-state index contributed by atoms with van der Waals surface area (Å²) in [7, 11) is 0. The first-order valence-electron chi connectivity index (χ1n) is 21.2. The summed E-state index contributed by atoms with van der Waals surface area (Å²) in [6.07, 6.45) is 0. The highest BCUT2D eigenvalue weighted by Gasteiger charge is 2.22. The van der Waals surface area contributed by atoms with Gasteiger partial charge in [-0.15, -0.1) is 0 Å². The molecule has 0 amide bonds. The summed E-state index contributed by atoms with van der Waals surface area (Å²) in [5, 5.41) is 6.72. The summed E-state index contributed by atoms with van der Waals surface area (Å²) in [5.74, 6) is 1.65. The lowest BCUT2D eigenvalue weighted by molar-refractivity contribution is 0.669. The maximum atomic E-state index is 6.26. The second kappa shape index (κ2) is 14.0. The number of aromatic nitrogens is 5. The molecule has 0 radical (unpaired) electrons. The van der Waals surface area contributed by atoms with Crippen LogP contribution >= 0.6 is 0 Å². The first-order chi connectivity index (χ1) is 31.2. The van der Waals surface area contributed by atoms with E-state index in [1.165, 1.54) is 0 Å². The van der Waals surface area contributed by atoms with Crippen molar-refractivity contribution in [2.75, 3.05) is 0 Å². The van der Waals surface area contributed by atoms with Crippen molar-refractivity contribution in [1.82, 2.24) is 24.1 Å². The van der Waals surface area contributed by atoms with Crippen LogP contribution in [0.25, 0.3) is 122 Å². The van der Waals surface area contributed by atoms with E-state index in [0.29, 0.717) is 17.7 Å². The zero-order valence-corrected chi connectivity index (χ0v) is 33.9. The molecule has 13 rings (SSSR count). The monoisotopic (exact) mass is 805 g/mol. The van der Waals surface area contributed by atoms with Crippen LogP contribution in [0.3, 0.4) is 0 Å². The SMILES string of the molecule is c1ccc(-c2ccc3c4ccccc4n(-c4nc(-c5ccc(-c6cccc7oc8ccccc8c67)cc5)nc(-n5c6ccccc6c6ccc(-c7ccccc7)cc65)n4)c3c2)cc1. The molecule has 0 aliphatic heterocycles. The number of para-hydroxylation sites is 3. The van der Waals surface area contributed by atoms with Gasteiger partial charge >= 0.3 is 0 Å². The van der Waals surface area contributed by atoms with Crippen molar-refractivity contribution < 1.29 is 4.42 Å². The van der Waals surface area contributed by atoms with Gasteiger partial charge in [-0.1, -0.05) is 176 Å². The van der Waals surface area contributed by atoms with Crippen LogP contribution in [0.15, 0.2) is 217 Å². The summed E-state index contributed by atoms with van der Waals surface area (Å²) in [6, 6.07) is 74.5. The van der Waals surface area contributed by atoms with Crippen LogP contribution < -0.4 is 0 Å². The Balaban J connectivity index is 1.07. The van der Waals surface area contributed by atoms with E-state index < -0.39 is 0 Å². The maximum absolute atomic E-state index is 6.26. The van der Waals surface area contributed by atoms with Crippen molar-refractivity contribution >= 4 is 65.6 Å². The van der Waals surface area contributed by atoms with Gasteiger partial charge in [0.2, 0.25) is 11.9 Å². The summed E-state index contributed by atoms with van der Waals surface area (Å²) >= 11 is 0. The van der Waals surface area contributed by atoms with Crippen molar-refractivity contribution in [3.8, 4) is 56.7 Å². The maximum Gasteiger partial charge on any atom is 0.240 e. The summed E-state index contributed by atoms with van der Waals surface area (Å²) in [6.45, 7) is 0. The highest BCUT2D eigenvalue weighted by molar-refractivity contribution is 6.13. The molecule has 0 bridgehead atoms. The molecular weight excluding hydrogens is 771 g/mol. The predicted octanol–water partition coefficient (Wildman–Crippen LogP) is 14.6. The zero-order valence-electron chi connectivity index (χ0n) is 33.9. The molecule has 0 unspecified atom stereocenters. The fourth-order valence-electron chi connectivity index (χ4n) is 9.49. The molecule has 0 spiro atoms. The normalized spacial score (nSPS) is 11.8. The molecule has 63 heavy (non-hydrogen) atoms. The Hall–Kier alpha value is -8.61. The molecule has 6 heteroatoms. The molecule has 294 valence electrons. The molecular formula is C57H35N5O. The molecule has 0 saturated carbocycles. The number of furan rings is 1. The largest absolute Gasteiger partial charge is 0.456 e. The van der Waals surface area contributed by atoms with E-state index in [-0.39, 0.29) is 0 Å². The van der Waals surface area contributed by atoms with E-state index in [2.05, 4.69) is 203 Å². The average Bonchev–Trinajstić information content (AvgIpc) is 4.02. The number of rotatable bonds is 6.